The molecule has 0 saturated heterocycles. The van der Waals surface area contributed by atoms with E-state index >= 15 is 0 Å². The Kier molecular flexibility index (Phi) is 4.86. The fraction of sp³-hybridized carbons (Fsp3) is 0.692. The van der Waals surface area contributed by atoms with Crippen molar-refractivity contribution in [3.05, 3.63) is 20.8 Å². The number of hydrogen-bond acceptors (Lipinski definition) is 2. The van der Waals surface area contributed by atoms with Crippen LogP contribution < -0.4 is 0 Å². The van der Waals surface area contributed by atoms with E-state index in [1.54, 1.807) is 0 Å². The Bertz CT molecular complexity index is 317. The van der Waals surface area contributed by atoms with E-state index in [-0.39, 0.29) is 0 Å². The van der Waals surface area contributed by atoms with Crippen LogP contribution in [0.2, 0.25) is 0 Å². The third-order valence-electron chi connectivity index (χ3n) is 3.35. The topological polar surface area (TPSA) is 3.24 Å². The van der Waals surface area contributed by atoms with Crippen molar-refractivity contribution in [3.63, 3.8) is 0 Å². The Morgan fingerprint density at radius 3 is 2.69 bits per heavy atom. The van der Waals surface area contributed by atoms with Gasteiger partial charge in [0.25, 0.3) is 0 Å². The van der Waals surface area contributed by atoms with E-state index in [1.165, 1.54) is 47.3 Å². The molecular weight excluding hydrogens is 282 g/mol. The van der Waals surface area contributed by atoms with Gasteiger partial charge in [-0.05, 0) is 53.9 Å². The number of thiophene rings is 1. The normalized spacial score (nSPS) is 18.2. The highest BCUT2D eigenvalue weighted by Gasteiger charge is 2.15. The highest BCUT2D eigenvalue weighted by atomic mass is 79.9. The smallest absolute Gasteiger partial charge is 0.0701 e. The van der Waals surface area contributed by atoms with E-state index in [9.17, 15) is 0 Å². The number of rotatable bonds is 4. The second kappa shape index (κ2) is 6.18. The number of hydrogen-bond donors (Lipinski definition) is 0. The van der Waals surface area contributed by atoms with Crippen molar-refractivity contribution in [2.75, 3.05) is 13.6 Å². The second-order valence-electron chi connectivity index (χ2n) is 4.91. The fourth-order valence-corrected chi connectivity index (χ4v) is 4.14. The minimum absolute atomic E-state index is 0.946. The summed E-state index contributed by atoms with van der Waals surface area (Å²) < 4.78 is 1.24. The van der Waals surface area contributed by atoms with Crippen LogP contribution in [0.25, 0.3) is 0 Å². The van der Waals surface area contributed by atoms with Gasteiger partial charge in [0.1, 0.15) is 0 Å². The highest BCUT2D eigenvalue weighted by Crippen LogP contribution is 2.26. The lowest BCUT2D eigenvalue weighted by Gasteiger charge is -2.26. The zero-order valence-electron chi connectivity index (χ0n) is 9.92. The van der Waals surface area contributed by atoms with Gasteiger partial charge in [-0.25, -0.2) is 0 Å². The maximum absolute atomic E-state index is 3.52. The van der Waals surface area contributed by atoms with Crippen LogP contribution in [0.1, 0.15) is 37.0 Å². The minimum atomic E-state index is 0.946. The molecule has 0 N–H and O–H groups in total. The van der Waals surface area contributed by atoms with Crippen LogP contribution in [0.3, 0.4) is 0 Å². The third kappa shape index (κ3) is 3.86. The molecular formula is C13H20BrNS. The predicted octanol–water partition coefficient (Wildman–Crippen LogP) is 4.52. The van der Waals surface area contributed by atoms with Gasteiger partial charge in [-0.3, -0.25) is 0 Å². The number of nitrogens with zero attached hydrogens (tertiary/aromatic N) is 1. The molecule has 1 aromatic heterocycles. The predicted molar refractivity (Wildman–Crippen MR) is 74.9 cm³/mol. The summed E-state index contributed by atoms with van der Waals surface area (Å²) in [6, 6.07) is 4.38. The summed E-state index contributed by atoms with van der Waals surface area (Å²) >= 11 is 5.37. The van der Waals surface area contributed by atoms with Crippen LogP contribution in [-0.2, 0) is 6.54 Å². The van der Waals surface area contributed by atoms with Gasteiger partial charge in [-0.15, -0.1) is 11.3 Å². The first kappa shape index (κ1) is 12.6. The first-order chi connectivity index (χ1) is 7.74. The summed E-state index contributed by atoms with van der Waals surface area (Å²) in [5, 5.41) is 0. The summed E-state index contributed by atoms with van der Waals surface area (Å²) in [6.07, 6.45) is 7.24. The lowest BCUT2D eigenvalue weighted by atomic mass is 9.89. The zero-order valence-corrected chi connectivity index (χ0v) is 12.3. The third-order valence-corrected chi connectivity index (χ3v) is 4.96. The largest absolute Gasteiger partial charge is 0.301 e. The first-order valence-corrected chi connectivity index (χ1v) is 7.78. The van der Waals surface area contributed by atoms with Crippen LogP contribution in [0, 0.1) is 5.92 Å². The minimum Gasteiger partial charge on any atom is -0.301 e. The molecule has 0 amide bonds. The highest BCUT2D eigenvalue weighted by molar-refractivity contribution is 9.11. The summed E-state index contributed by atoms with van der Waals surface area (Å²) in [6.45, 7) is 2.38. The van der Waals surface area contributed by atoms with Crippen molar-refractivity contribution in [1.29, 1.82) is 0 Å². The van der Waals surface area contributed by atoms with Crippen molar-refractivity contribution in [2.45, 2.75) is 38.6 Å². The van der Waals surface area contributed by atoms with Gasteiger partial charge in [0.15, 0.2) is 0 Å². The quantitative estimate of drug-likeness (QED) is 0.790. The van der Waals surface area contributed by atoms with Crippen molar-refractivity contribution in [2.24, 2.45) is 5.92 Å². The first-order valence-electron chi connectivity index (χ1n) is 6.17. The van der Waals surface area contributed by atoms with Crippen LogP contribution in [0.4, 0.5) is 0 Å². The molecule has 0 atom stereocenters. The van der Waals surface area contributed by atoms with E-state index in [0.29, 0.717) is 0 Å². The van der Waals surface area contributed by atoms with Crippen molar-refractivity contribution in [1.82, 2.24) is 4.90 Å². The molecule has 16 heavy (non-hydrogen) atoms. The lowest BCUT2D eigenvalue weighted by Crippen LogP contribution is -2.26. The molecule has 1 nitrogen and oxygen atoms in total. The Balaban J connectivity index is 1.77. The number of halogens is 1. The monoisotopic (exact) mass is 301 g/mol. The second-order valence-corrected chi connectivity index (χ2v) is 7.45. The van der Waals surface area contributed by atoms with Gasteiger partial charge < -0.3 is 4.90 Å². The molecule has 0 aromatic carbocycles. The Morgan fingerprint density at radius 1 is 1.31 bits per heavy atom. The molecule has 1 saturated carbocycles. The van der Waals surface area contributed by atoms with E-state index in [0.717, 1.165) is 12.5 Å². The van der Waals surface area contributed by atoms with E-state index in [4.69, 9.17) is 0 Å². The Morgan fingerprint density at radius 2 is 2.06 bits per heavy atom. The summed E-state index contributed by atoms with van der Waals surface area (Å²) in [7, 11) is 2.25. The standard InChI is InChI=1S/C13H20BrNS/c1-15(9-11-5-3-2-4-6-11)10-12-7-8-13(14)16-12/h7-8,11H,2-6,9-10H2,1H3. The van der Waals surface area contributed by atoms with Crippen molar-refractivity contribution >= 4 is 27.3 Å². The van der Waals surface area contributed by atoms with Crippen molar-refractivity contribution < 1.29 is 0 Å². The van der Waals surface area contributed by atoms with Gasteiger partial charge in [0.2, 0.25) is 0 Å². The van der Waals surface area contributed by atoms with E-state index in [2.05, 4.69) is 40.0 Å². The van der Waals surface area contributed by atoms with Crippen LogP contribution in [0.15, 0.2) is 15.9 Å². The van der Waals surface area contributed by atoms with Gasteiger partial charge in [0, 0.05) is 18.0 Å². The maximum atomic E-state index is 3.52. The molecule has 1 fully saturated rings. The van der Waals surface area contributed by atoms with Crippen LogP contribution in [-0.4, -0.2) is 18.5 Å². The molecule has 0 spiro atoms. The lowest BCUT2D eigenvalue weighted by molar-refractivity contribution is 0.229. The molecule has 1 aromatic rings. The van der Waals surface area contributed by atoms with Crippen LogP contribution in [0.5, 0.6) is 0 Å². The maximum Gasteiger partial charge on any atom is 0.0701 e. The van der Waals surface area contributed by atoms with Crippen LogP contribution >= 0.6 is 27.3 Å². The molecule has 1 heterocycles. The molecule has 3 heteroatoms. The van der Waals surface area contributed by atoms with Gasteiger partial charge in [-0.1, -0.05) is 19.3 Å². The molecule has 0 unspecified atom stereocenters. The summed E-state index contributed by atoms with van der Waals surface area (Å²) in [5.74, 6) is 0.946. The van der Waals surface area contributed by atoms with Gasteiger partial charge in [-0.2, -0.15) is 0 Å². The van der Waals surface area contributed by atoms with Crippen molar-refractivity contribution in [3.8, 4) is 0 Å². The Hall–Kier alpha value is 0.140. The molecule has 90 valence electrons. The average molecular weight is 302 g/mol. The van der Waals surface area contributed by atoms with Gasteiger partial charge in [0.05, 0.1) is 3.79 Å². The molecule has 1 aliphatic rings. The zero-order chi connectivity index (χ0) is 11.4. The van der Waals surface area contributed by atoms with Gasteiger partial charge >= 0.3 is 0 Å². The summed E-state index contributed by atoms with van der Waals surface area (Å²) in [5.41, 5.74) is 0. The molecule has 0 bridgehead atoms. The summed E-state index contributed by atoms with van der Waals surface area (Å²) in [4.78, 5) is 3.94. The Labute approximate surface area is 111 Å². The SMILES string of the molecule is CN(Cc1ccc(Br)s1)CC1CCCCC1. The van der Waals surface area contributed by atoms with E-state index < -0.39 is 0 Å². The molecule has 1 aliphatic carbocycles. The molecule has 0 aliphatic heterocycles. The van der Waals surface area contributed by atoms with E-state index in [1.807, 2.05) is 11.3 Å². The molecule has 0 radical (unpaired) electrons. The fourth-order valence-electron chi connectivity index (χ4n) is 2.58. The molecule has 2 rings (SSSR count). The average Bonchev–Trinajstić information content (AvgIpc) is 2.65.